The molecule has 6 nitrogen and oxygen atoms in total. The summed E-state index contributed by atoms with van der Waals surface area (Å²) in [6.45, 7) is 0.583. The van der Waals surface area contributed by atoms with E-state index in [4.69, 9.17) is 0 Å². The summed E-state index contributed by atoms with van der Waals surface area (Å²) in [7, 11) is 0. The molecule has 0 aliphatic carbocycles. The van der Waals surface area contributed by atoms with Crippen molar-refractivity contribution in [3.8, 4) is 0 Å². The molecule has 1 heterocycles. The number of nitro benzene ring substituents is 1. The third-order valence-corrected chi connectivity index (χ3v) is 2.42. The van der Waals surface area contributed by atoms with E-state index >= 15 is 0 Å². The standard InChI is InChI=1S/C10H11N3O3/c14-9-4-5-11-10(12-9)7-2-1-3-8(6-7)13(15)16/h1-3,6,10-11H,4-5H2,(H,12,14)/t10-/m0/s1. The van der Waals surface area contributed by atoms with Gasteiger partial charge in [-0.05, 0) is 5.56 Å². The van der Waals surface area contributed by atoms with Gasteiger partial charge in [-0.25, -0.2) is 0 Å². The van der Waals surface area contributed by atoms with Crippen LogP contribution in [0.15, 0.2) is 24.3 Å². The number of carbonyl (C=O) groups excluding carboxylic acids is 1. The van der Waals surface area contributed by atoms with Crippen molar-refractivity contribution in [3.05, 3.63) is 39.9 Å². The number of rotatable bonds is 2. The lowest BCUT2D eigenvalue weighted by molar-refractivity contribution is -0.384. The Kier molecular flexibility index (Phi) is 2.82. The fraction of sp³-hybridized carbons (Fsp3) is 0.300. The molecular weight excluding hydrogens is 210 g/mol. The third-order valence-electron chi connectivity index (χ3n) is 2.42. The zero-order valence-electron chi connectivity index (χ0n) is 8.47. The molecule has 16 heavy (non-hydrogen) atoms. The molecule has 0 aromatic heterocycles. The highest BCUT2D eigenvalue weighted by atomic mass is 16.6. The van der Waals surface area contributed by atoms with Crippen LogP contribution in [0.5, 0.6) is 0 Å². The molecule has 1 saturated heterocycles. The minimum absolute atomic E-state index is 0.0270. The van der Waals surface area contributed by atoms with Crippen molar-refractivity contribution in [1.82, 2.24) is 10.6 Å². The molecule has 1 fully saturated rings. The fourth-order valence-corrected chi connectivity index (χ4v) is 1.63. The second-order valence-corrected chi connectivity index (χ2v) is 3.56. The largest absolute Gasteiger partial charge is 0.337 e. The van der Waals surface area contributed by atoms with E-state index in [1.54, 1.807) is 12.1 Å². The van der Waals surface area contributed by atoms with Crippen LogP contribution in [0, 0.1) is 10.1 Å². The van der Waals surface area contributed by atoms with Crippen molar-refractivity contribution in [2.75, 3.05) is 6.54 Å². The van der Waals surface area contributed by atoms with E-state index in [1.807, 2.05) is 0 Å². The SMILES string of the molecule is O=C1CCN[C@H](c2cccc([N+](=O)[O-])c2)N1. The maximum absolute atomic E-state index is 11.2. The molecule has 1 aromatic rings. The van der Waals surface area contributed by atoms with Crippen molar-refractivity contribution in [3.63, 3.8) is 0 Å². The van der Waals surface area contributed by atoms with E-state index in [9.17, 15) is 14.9 Å². The van der Waals surface area contributed by atoms with Crippen molar-refractivity contribution in [2.24, 2.45) is 0 Å². The van der Waals surface area contributed by atoms with Crippen LogP contribution in [0.3, 0.4) is 0 Å². The maximum atomic E-state index is 11.2. The highest BCUT2D eigenvalue weighted by Crippen LogP contribution is 2.18. The molecule has 1 aromatic carbocycles. The van der Waals surface area contributed by atoms with Crippen LogP contribution in [0.25, 0.3) is 0 Å². The van der Waals surface area contributed by atoms with Gasteiger partial charge in [0.25, 0.3) is 5.69 Å². The first-order valence-corrected chi connectivity index (χ1v) is 4.94. The summed E-state index contributed by atoms with van der Waals surface area (Å²) in [6.07, 6.45) is 0.104. The van der Waals surface area contributed by atoms with Crippen molar-refractivity contribution < 1.29 is 9.72 Å². The van der Waals surface area contributed by atoms with Crippen molar-refractivity contribution in [1.29, 1.82) is 0 Å². The second-order valence-electron chi connectivity index (χ2n) is 3.56. The topological polar surface area (TPSA) is 84.3 Å². The lowest BCUT2D eigenvalue weighted by atomic mass is 10.1. The summed E-state index contributed by atoms with van der Waals surface area (Å²) in [5.41, 5.74) is 0.723. The van der Waals surface area contributed by atoms with Crippen LogP contribution in [0.4, 0.5) is 5.69 Å². The Morgan fingerprint density at radius 3 is 2.94 bits per heavy atom. The Hall–Kier alpha value is -1.95. The van der Waals surface area contributed by atoms with E-state index in [0.29, 0.717) is 18.5 Å². The molecule has 0 saturated carbocycles. The monoisotopic (exact) mass is 221 g/mol. The average Bonchev–Trinajstić information content (AvgIpc) is 2.29. The number of hydrogen-bond acceptors (Lipinski definition) is 4. The number of nitrogens with zero attached hydrogens (tertiary/aromatic N) is 1. The van der Waals surface area contributed by atoms with E-state index < -0.39 is 4.92 Å². The van der Waals surface area contributed by atoms with Gasteiger partial charge < -0.3 is 5.32 Å². The lowest BCUT2D eigenvalue weighted by Crippen LogP contribution is -2.44. The smallest absolute Gasteiger partial charge is 0.269 e. The van der Waals surface area contributed by atoms with E-state index in [1.165, 1.54) is 12.1 Å². The molecule has 0 bridgehead atoms. The van der Waals surface area contributed by atoms with Gasteiger partial charge >= 0.3 is 0 Å². The zero-order chi connectivity index (χ0) is 11.5. The molecule has 6 heteroatoms. The number of carbonyl (C=O) groups is 1. The molecule has 1 aliphatic heterocycles. The van der Waals surface area contributed by atoms with Crippen molar-refractivity contribution >= 4 is 11.6 Å². The second kappa shape index (κ2) is 4.28. The zero-order valence-corrected chi connectivity index (χ0v) is 8.47. The van der Waals surface area contributed by atoms with Gasteiger partial charge in [0.15, 0.2) is 0 Å². The summed E-state index contributed by atoms with van der Waals surface area (Å²) in [5.74, 6) is -0.0461. The summed E-state index contributed by atoms with van der Waals surface area (Å²) in [6, 6.07) is 6.24. The number of nitro groups is 1. The van der Waals surface area contributed by atoms with Gasteiger partial charge in [0.2, 0.25) is 5.91 Å². The Labute approximate surface area is 91.8 Å². The molecular formula is C10H11N3O3. The Morgan fingerprint density at radius 2 is 2.25 bits per heavy atom. The molecule has 2 N–H and O–H groups in total. The molecule has 84 valence electrons. The van der Waals surface area contributed by atoms with Crippen molar-refractivity contribution in [2.45, 2.75) is 12.6 Å². The van der Waals surface area contributed by atoms with Crippen LogP contribution in [0.2, 0.25) is 0 Å². The number of amides is 1. The number of nitrogens with one attached hydrogen (secondary N) is 2. The molecule has 0 spiro atoms. The number of hydrogen-bond donors (Lipinski definition) is 2. The molecule has 2 rings (SSSR count). The van der Waals surface area contributed by atoms with Gasteiger partial charge in [-0.1, -0.05) is 12.1 Å². The average molecular weight is 221 g/mol. The predicted molar refractivity (Wildman–Crippen MR) is 56.6 cm³/mol. The Balaban J connectivity index is 2.22. The first-order valence-electron chi connectivity index (χ1n) is 4.94. The number of benzene rings is 1. The van der Waals surface area contributed by atoms with Crippen LogP contribution in [-0.2, 0) is 4.79 Å². The summed E-state index contributed by atoms with van der Waals surface area (Å²) >= 11 is 0. The van der Waals surface area contributed by atoms with Crippen LogP contribution in [-0.4, -0.2) is 17.4 Å². The van der Waals surface area contributed by atoms with Crippen LogP contribution in [0.1, 0.15) is 18.2 Å². The van der Waals surface area contributed by atoms with Gasteiger partial charge in [-0.3, -0.25) is 20.2 Å². The minimum Gasteiger partial charge on any atom is -0.337 e. The molecule has 1 aliphatic rings. The van der Waals surface area contributed by atoms with Crippen LogP contribution < -0.4 is 10.6 Å². The van der Waals surface area contributed by atoms with Gasteiger partial charge in [0, 0.05) is 25.1 Å². The summed E-state index contributed by atoms with van der Waals surface area (Å²) in [5, 5.41) is 16.4. The normalized spacial score (nSPS) is 20.2. The van der Waals surface area contributed by atoms with Gasteiger partial charge in [0.05, 0.1) is 4.92 Å². The lowest BCUT2D eigenvalue weighted by Gasteiger charge is -2.24. The highest BCUT2D eigenvalue weighted by Gasteiger charge is 2.20. The van der Waals surface area contributed by atoms with Crippen LogP contribution >= 0.6 is 0 Å². The molecule has 0 radical (unpaired) electrons. The summed E-state index contributed by atoms with van der Waals surface area (Å²) in [4.78, 5) is 21.3. The van der Waals surface area contributed by atoms with E-state index in [0.717, 1.165) is 0 Å². The molecule has 0 unspecified atom stereocenters. The minimum atomic E-state index is -0.450. The predicted octanol–water partition coefficient (Wildman–Crippen LogP) is 0.703. The van der Waals surface area contributed by atoms with Gasteiger partial charge in [-0.2, -0.15) is 0 Å². The number of non-ortho nitro benzene ring substituents is 1. The quantitative estimate of drug-likeness (QED) is 0.568. The first kappa shape index (κ1) is 10.6. The van der Waals surface area contributed by atoms with E-state index in [2.05, 4.69) is 10.6 Å². The molecule has 1 amide bonds. The fourth-order valence-electron chi connectivity index (χ4n) is 1.63. The molecule has 1 atom stereocenters. The highest BCUT2D eigenvalue weighted by molar-refractivity contribution is 5.77. The Bertz CT molecular complexity index is 433. The first-order chi connectivity index (χ1) is 7.66. The third kappa shape index (κ3) is 2.17. The Morgan fingerprint density at radius 1 is 1.44 bits per heavy atom. The van der Waals surface area contributed by atoms with Gasteiger partial charge in [-0.15, -0.1) is 0 Å². The van der Waals surface area contributed by atoms with Gasteiger partial charge in [0.1, 0.15) is 6.17 Å². The maximum Gasteiger partial charge on any atom is 0.269 e. The van der Waals surface area contributed by atoms with E-state index in [-0.39, 0.29) is 17.8 Å². The summed E-state index contributed by atoms with van der Waals surface area (Å²) < 4.78 is 0.